The number of hydrogen-bond acceptors (Lipinski definition) is 8. The summed E-state index contributed by atoms with van der Waals surface area (Å²) in [7, 11) is 3.95. The smallest absolute Gasteiger partial charge is 0.305 e. The summed E-state index contributed by atoms with van der Waals surface area (Å²) < 4.78 is 7.33. The number of aromatic nitrogens is 4. The van der Waals surface area contributed by atoms with Crippen molar-refractivity contribution in [2.24, 2.45) is 11.8 Å². The van der Waals surface area contributed by atoms with E-state index in [1.54, 1.807) is 12.5 Å². The molecule has 9 heteroatoms. The number of carbonyl (C=O) groups is 1. The molecular weight excluding hydrogens is 336 g/mol. The minimum atomic E-state index is -0.180. The number of carbonyl (C=O) groups excluding carboxylic acids is 1. The Hall–Kier alpha value is -2.26. The molecule has 9 nitrogen and oxygen atoms in total. The fourth-order valence-corrected chi connectivity index (χ4v) is 3.45. The second-order valence-electron chi connectivity index (χ2n) is 7.09. The van der Waals surface area contributed by atoms with Crippen molar-refractivity contribution in [1.82, 2.24) is 24.4 Å². The average Bonchev–Trinajstić information content (AvgIpc) is 2.96. The lowest BCUT2D eigenvalue weighted by Crippen LogP contribution is -2.43. The van der Waals surface area contributed by atoms with Crippen LogP contribution in [0.3, 0.4) is 0 Å². The van der Waals surface area contributed by atoms with Crippen LogP contribution in [0.4, 0.5) is 5.95 Å². The number of nitrogens with two attached hydrogens (primary N) is 1. The van der Waals surface area contributed by atoms with Crippen LogP contribution in [0.25, 0.3) is 11.2 Å². The number of aliphatic hydroxyl groups excluding tert-OH is 1. The minimum Gasteiger partial charge on any atom is -0.465 e. The molecule has 0 saturated heterocycles. The predicted octanol–water partition coefficient (Wildman–Crippen LogP) is 0.463. The van der Waals surface area contributed by atoms with Crippen molar-refractivity contribution in [1.29, 1.82) is 0 Å². The van der Waals surface area contributed by atoms with Gasteiger partial charge in [0, 0.05) is 30.9 Å². The van der Waals surface area contributed by atoms with Gasteiger partial charge in [0.25, 0.3) is 0 Å². The molecule has 0 aliphatic heterocycles. The normalized spacial score (nSPS) is 22.5. The summed E-state index contributed by atoms with van der Waals surface area (Å²) >= 11 is 0. The third-order valence-corrected chi connectivity index (χ3v) is 4.99. The van der Waals surface area contributed by atoms with Crippen molar-refractivity contribution in [3.63, 3.8) is 0 Å². The highest BCUT2D eigenvalue weighted by atomic mass is 16.5. The number of anilines is 1. The van der Waals surface area contributed by atoms with Gasteiger partial charge >= 0.3 is 5.97 Å². The van der Waals surface area contributed by atoms with Crippen molar-refractivity contribution < 1.29 is 14.6 Å². The van der Waals surface area contributed by atoms with Crippen LogP contribution < -0.4 is 5.73 Å². The zero-order chi connectivity index (χ0) is 18.7. The van der Waals surface area contributed by atoms with E-state index in [-0.39, 0.29) is 36.4 Å². The Morgan fingerprint density at radius 2 is 2.27 bits per heavy atom. The molecule has 2 heterocycles. The molecule has 26 heavy (non-hydrogen) atoms. The number of ether oxygens (including phenoxy) is 1. The third kappa shape index (κ3) is 3.94. The Balaban J connectivity index is 1.55. The quantitative estimate of drug-likeness (QED) is 0.650. The van der Waals surface area contributed by atoms with Crippen LogP contribution >= 0.6 is 0 Å². The molecule has 0 radical (unpaired) electrons. The van der Waals surface area contributed by atoms with Crippen LogP contribution in [0.2, 0.25) is 0 Å². The number of nitrogen functional groups attached to an aromatic ring is 1. The molecule has 142 valence electrons. The van der Waals surface area contributed by atoms with E-state index in [2.05, 4.69) is 15.0 Å². The number of hydrogen-bond donors (Lipinski definition) is 2. The van der Waals surface area contributed by atoms with Crippen LogP contribution in [-0.4, -0.2) is 69.3 Å². The van der Waals surface area contributed by atoms with Gasteiger partial charge in [-0.15, -0.1) is 0 Å². The van der Waals surface area contributed by atoms with Crippen LogP contribution in [0.1, 0.15) is 25.3 Å². The Labute approximate surface area is 152 Å². The first kappa shape index (κ1) is 18.5. The first-order valence-corrected chi connectivity index (χ1v) is 8.86. The van der Waals surface area contributed by atoms with Gasteiger partial charge in [-0.3, -0.25) is 4.79 Å². The first-order valence-electron chi connectivity index (χ1n) is 8.86. The number of rotatable bonds is 8. The summed E-state index contributed by atoms with van der Waals surface area (Å²) in [4.78, 5) is 26.4. The number of nitrogens with zero attached hydrogens (tertiary/aromatic N) is 5. The highest BCUT2D eigenvalue weighted by Gasteiger charge is 2.43. The molecule has 1 saturated carbocycles. The molecule has 3 atom stereocenters. The van der Waals surface area contributed by atoms with Gasteiger partial charge in [0.15, 0.2) is 5.65 Å². The van der Waals surface area contributed by atoms with E-state index < -0.39 is 0 Å². The number of aliphatic hydroxyl groups is 1. The van der Waals surface area contributed by atoms with Gasteiger partial charge in [0.05, 0.1) is 19.1 Å². The van der Waals surface area contributed by atoms with E-state index in [0.29, 0.717) is 24.2 Å². The molecule has 1 aliphatic rings. The monoisotopic (exact) mass is 362 g/mol. The first-order chi connectivity index (χ1) is 12.5. The predicted molar refractivity (Wildman–Crippen MR) is 96.2 cm³/mol. The second-order valence-corrected chi connectivity index (χ2v) is 7.09. The Morgan fingerprint density at radius 1 is 1.46 bits per heavy atom. The zero-order valence-corrected chi connectivity index (χ0v) is 15.2. The lowest BCUT2D eigenvalue weighted by Gasteiger charge is -2.44. The third-order valence-electron chi connectivity index (χ3n) is 4.99. The van der Waals surface area contributed by atoms with Gasteiger partial charge in [0.2, 0.25) is 5.95 Å². The van der Waals surface area contributed by atoms with Gasteiger partial charge in [-0.2, -0.15) is 4.98 Å². The van der Waals surface area contributed by atoms with Crippen molar-refractivity contribution in [2.45, 2.75) is 25.3 Å². The fraction of sp³-hybridized carbons (Fsp3) is 0.647. The lowest BCUT2D eigenvalue weighted by molar-refractivity contribution is -0.148. The fourth-order valence-electron chi connectivity index (χ4n) is 3.45. The molecule has 0 aromatic carbocycles. The SMILES string of the molecule is CN(C)CCCC(=O)OC[C@H]1C[C@@H](n2cnc3cnc(N)nc32)[C@H]1CO. The Kier molecular flexibility index (Phi) is 5.67. The average molecular weight is 362 g/mol. The second kappa shape index (κ2) is 7.96. The molecule has 1 aliphatic carbocycles. The maximum atomic E-state index is 11.8. The molecule has 3 N–H and O–H groups in total. The van der Waals surface area contributed by atoms with Crippen LogP contribution in [-0.2, 0) is 9.53 Å². The van der Waals surface area contributed by atoms with E-state index in [9.17, 15) is 9.90 Å². The largest absolute Gasteiger partial charge is 0.465 e. The maximum Gasteiger partial charge on any atom is 0.305 e. The number of fused-ring (bicyclic) bond motifs is 1. The van der Waals surface area contributed by atoms with E-state index in [4.69, 9.17) is 10.5 Å². The molecule has 0 unspecified atom stereocenters. The highest BCUT2D eigenvalue weighted by molar-refractivity contribution is 5.71. The lowest BCUT2D eigenvalue weighted by atomic mass is 9.70. The van der Waals surface area contributed by atoms with Crippen molar-refractivity contribution in [3.8, 4) is 0 Å². The standard InChI is InChI=1S/C17H26N6O3/c1-22(2)5-3-4-15(25)26-9-11-6-14(12(11)8-24)23-10-20-13-7-19-17(18)21-16(13)23/h7,10-12,14,24H,3-6,8-9H2,1-2H3,(H2,18,19,21)/t11-,12+,14-/m1/s1. The van der Waals surface area contributed by atoms with Crippen molar-refractivity contribution in [3.05, 3.63) is 12.5 Å². The topological polar surface area (TPSA) is 119 Å². The molecule has 2 aromatic rings. The van der Waals surface area contributed by atoms with E-state index in [0.717, 1.165) is 19.4 Å². The molecular formula is C17H26N6O3. The summed E-state index contributed by atoms with van der Waals surface area (Å²) in [5.74, 6) is 0.153. The van der Waals surface area contributed by atoms with E-state index in [1.807, 2.05) is 23.6 Å². The summed E-state index contributed by atoms with van der Waals surface area (Å²) in [6.07, 6.45) is 5.29. The van der Waals surface area contributed by atoms with E-state index in [1.165, 1.54) is 0 Å². The summed E-state index contributed by atoms with van der Waals surface area (Å²) in [5.41, 5.74) is 7.01. The highest BCUT2D eigenvalue weighted by Crippen LogP contribution is 2.44. The Morgan fingerprint density at radius 3 is 3.00 bits per heavy atom. The summed E-state index contributed by atoms with van der Waals surface area (Å²) in [6, 6.07) is 0.0664. The Bertz CT molecular complexity index is 762. The van der Waals surface area contributed by atoms with Crippen LogP contribution in [0.15, 0.2) is 12.5 Å². The zero-order valence-electron chi connectivity index (χ0n) is 15.2. The van der Waals surface area contributed by atoms with Gasteiger partial charge in [-0.1, -0.05) is 0 Å². The molecule has 0 spiro atoms. The number of imidazole rings is 1. The van der Waals surface area contributed by atoms with E-state index >= 15 is 0 Å². The molecule has 3 rings (SSSR count). The van der Waals surface area contributed by atoms with Gasteiger partial charge in [0.1, 0.15) is 5.52 Å². The van der Waals surface area contributed by atoms with Crippen LogP contribution in [0, 0.1) is 11.8 Å². The maximum absolute atomic E-state index is 11.8. The summed E-state index contributed by atoms with van der Waals surface area (Å²) in [5, 5.41) is 9.78. The number of esters is 1. The molecule has 1 fully saturated rings. The molecule has 0 bridgehead atoms. The molecule has 0 amide bonds. The van der Waals surface area contributed by atoms with Gasteiger partial charge < -0.3 is 25.0 Å². The van der Waals surface area contributed by atoms with Gasteiger partial charge in [-0.05, 0) is 33.5 Å². The minimum absolute atomic E-state index is 0.00170. The van der Waals surface area contributed by atoms with Gasteiger partial charge in [-0.25, -0.2) is 9.97 Å². The van der Waals surface area contributed by atoms with Crippen molar-refractivity contribution >= 4 is 23.1 Å². The van der Waals surface area contributed by atoms with Crippen molar-refractivity contribution in [2.75, 3.05) is 39.6 Å². The molecule has 2 aromatic heterocycles. The summed E-state index contributed by atoms with van der Waals surface area (Å²) in [6.45, 7) is 1.22. The van der Waals surface area contributed by atoms with Crippen LogP contribution in [0.5, 0.6) is 0 Å².